The lowest BCUT2D eigenvalue weighted by molar-refractivity contribution is 0.252. The zero-order valence-electron chi connectivity index (χ0n) is 13.1. The van der Waals surface area contributed by atoms with Gasteiger partial charge in [0.2, 0.25) is 0 Å². The molecule has 0 atom stereocenters. The third kappa shape index (κ3) is 4.03. The largest absolute Gasteiger partial charge is 0.508 e. The van der Waals surface area contributed by atoms with Gasteiger partial charge in [-0.05, 0) is 67.0 Å². The van der Waals surface area contributed by atoms with Gasteiger partial charge in [-0.25, -0.2) is 4.79 Å². The Morgan fingerprint density at radius 3 is 2.65 bits per heavy atom. The average Bonchev–Trinajstić information content (AvgIpc) is 2.57. The Hall–Kier alpha value is -2.49. The molecule has 0 unspecified atom stereocenters. The van der Waals surface area contributed by atoms with Crippen LogP contribution in [0.1, 0.15) is 29.5 Å². The standard InChI is InChI=1S/C19H22N2O2/c22-16-10-8-14(9-11-16)12-13-20-19(23)21-18-7-3-5-15-4-1-2-6-17(15)18/h3,5,7-11,22H,1-2,4,6,12-13H2,(H2,20,21,23). The van der Waals surface area contributed by atoms with E-state index in [4.69, 9.17) is 0 Å². The van der Waals surface area contributed by atoms with E-state index in [0.717, 1.165) is 30.5 Å². The first-order valence-corrected chi connectivity index (χ1v) is 8.16. The quantitative estimate of drug-likeness (QED) is 0.807. The molecular formula is C19H22N2O2. The van der Waals surface area contributed by atoms with Crippen LogP contribution in [-0.4, -0.2) is 17.7 Å². The Labute approximate surface area is 136 Å². The van der Waals surface area contributed by atoms with Crippen molar-refractivity contribution in [1.29, 1.82) is 0 Å². The van der Waals surface area contributed by atoms with Crippen LogP contribution in [0.3, 0.4) is 0 Å². The Bertz CT molecular complexity index is 680. The number of amides is 2. The Morgan fingerprint density at radius 2 is 1.83 bits per heavy atom. The van der Waals surface area contributed by atoms with E-state index in [2.05, 4.69) is 16.7 Å². The molecule has 0 radical (unpaired) electrons. The number of anilines is 1. The molecule has 0 bridgehead atoms. The van der Waals surface area contributed by atoms with Gasteiger partial charge in [-0.3, -0.25) is 0 Å². The van der Waals surface area contributed by atoms with Crippen molar-refractivity contribution in [3.05, 3.63) is 59.2 Å². The summed E-state index contributed by atoms with van der Waals surface area (Å²) in [4.78, 5) is 12.1. The molecular weight excluding hydrogens is 288 g/mol. The van der Waals surface area contributed by atoms with Gasteiger partial charge in [0.25, 0.3) is 0 Å². The SMILES string of the molecule is O=C(NCCc1ccc(O)cc1)Nc1cccc2c1CCCC2. The van der Waals surface area contributed by atoms with Crippen molar-refractivity contribution in [3.8, 4) is 5.75 Å². The summed E-state index contributed by atoms with van der Waals surface area (Å²) in [6, 6.07) is 13.0. The minimum absolute atomic E-state index is 0.164. The second-order valence-electron chi connectivity index (χ2n) is 5.95. The van der Waals surface area contributed by atoms with Gasteiger partial charge in [-0.2, -0.15) is 0 Å². The molecule has 3 N–H and O–H groups in total. The molecule has 2 aromatic carbocycles. The minimum atomic E-state index is -0.164. The van der Waals surface area contributed by atoms with Crippen LogP contribution in [0.5, 0.6) is 5.75 Å². The number of carbonyl (C=O) groups is 1. The zero-order valence-corrected chi connectivity index (χ0v) is 13.1. The van der Waals surface area contributed by atoms with Crippen LogP contribution in [0.4, 0.5) is 10.5 Å². The number of benzene rings is 2. The van der Waals surface area contributed by atoms with Crippen molar-refractivity contribution < 1.29 is 9.90 Å². The van der Waals surface area contributed by atoms with E-state index in [1.54, 1.807) is 12.1 Å². The van der Waals surface area contributed by atoms with Crippen molar-refractivity contribution in [2.24, 2.45) is 0 Å². The van der Waals surface area contributed by atoms with Gasteiger partial charge < -0.3 is 15.7 Å². The molecule has 0 heterocycles. The highest BCUT2D eigenvalue weighted by molar-refractivity contribution is 5.90. The molecule has 0 spiro atoms. The van der Waals surface area contributed by atoms with Gasteiger partial charge in [0.15, 0.2) is 0 Å². The molecule has 0 saturated heterocycles. The van der Waals surface area contributed by atoms with Crippen LogP contribution in [0.15, 0.2) is 42.5 Å². The lowest BCUT2D eigenvalue weighted by atomic mass is 9.90. The molecule has 0 fully saturated rings. The number of hydrogen-bond acceptors (Lipinski definition) is 2. The van der Waals surface area contributed by atoms with E-state index < -0.39 is 0 Å². The number of aryl methyl sites for hydroxylation is 1. The summed E-state index contributed by atoms with van der Waals surface area (Å²) in [7, 11) is 0. The van der Waals surface area contributed by atoms with Crippen molar-refractivity contribution >= 4 is 11.7 Å². The van der Waals surface area contributed by atoms with E-state index in [0.29, 0.717) is 6.54 Å². The van der Waals surface area contributed by atoms with Crippen LogP contribution in [0.2, 0.25) is 0 Å². The maximum Gasteiger partial charge on any atom is 0.319 e. The lowest BCUT2D eigenvalue weighted by Crippen LogP contribution is -2.31. The number of urea groups is 1. The van der Waals surface area contributed by atoms with E-state index in [9.17, 15) is 9.90 Å². The summed E-state index contributed by atoms with van der Waals surface area (Å²) < 4.78 is 0. The first-order chi connectivity index (χ1) is 11.2. The van der Waals surface area contributed by atoms with Crippen LogP contribution in [-0.2, 0) is 19.3 Å². The van der Waals surface area contributed by atoms with Gasteiger partial charge in [0, 0.05) is 12.2 Å². The van der Waals surface area contributed by atoms with Gasteiger partial charge in [-0.15, -0.1) is 0 Å². The number of rotatable bonds is 4. The second kappa shape index (κ2) is 7.18. The van der Waals surface area contributed by atoms with Gasteiger partial charge in [0.05, 0.1) is 0 Å². The number of aromatic hydroxyl groups is 1. The van der Waals surface area contributed by atoms with E-state index in [1.165, 1.54) is 24.0 Å². The topological polar surface area (TPSA) is 61.4 Å². The number of hydrogen-bond donors (Lipinski definition) is 3. The Morgan fingerprint density at radius 1 is 1.04 bits per heavy atom. The van der Waals surface area contributed by atoms with Crippen molar-refractivity contribution in [2.75, 3.05) is 11.9 Å². The molecule has 2 aromatic rings. The maximum absolute atomic E-state index is 12.1. The summed E-state index contributed by atoms with van der Waals surface area (Å²) in [6.45, 7) is 0.561. The summed E-state index contributed by atoms with van der Waals surface area (Å²) >= 11 is 0. The second-order valence-corrected chi connectivity index (χ2v) is 5.95. The summed E-state index contributed by atoms with van der Waals surface area (Å²) in [6.07, 6.45) is 5.30. The van der Waals surface area contributed by atoms with Crippen molar-refractivity contribution in [3.63, 3.8) is 0 Å². The fourth-order valence-electron chi connectivity index (χ4n) is 3.05. The highest BCUT2D eigenvalue weighted by Crippen LogP contribution is 2.27. The number of fused-ring (bicyclic) bond motifs is 1. The van der Waals surface area contributed by atoms with E-state index in [-0.39, 0.29) is 11.8 Å². The number of phenols is 1. The summed E-state index contributed by atoms with van der Waals surface area (Å²) in [5.74, 6) is 0.258. The highest BCUT2D eigenvalue weighted by atomic mass is 16.3. The molecule has 4 nitrogen and oxygen atoms in total. The smallest absolute Gasteiger partial charge is 0.319 e. The molecule has 4 heteroatoms. The fourth-order valence-corrected chi connectivity index (χ4v) is 3.05. The first-order valence-electron chi connectivity index (χ1n) is 8.16. The molecule has 1 aliphatic carbocycles. The Balaban J connectivity index is 1.52. The van der Waals surface area contributed by atoms with Gasteiger partial charge >= 0.3 is 6.03 Å². The van der Waals surface area contributed by atoms with Crippen molar-refractivity contribution in [2.45, 2.75) is 32.1 Å². The van der Waals surface area contributed by atoms with Crippen LogP contribution < -0.4 is 10.6 Å². The zero-order chi connectivity index (χ0) is 16.1. The molecule has 23 heavy (non-hydrogen) atoms. The maximum atomic E-state index is 12.1. The molecule has 120 valence electrons. The predicted molar refractivity (Wildman–Crippen MR) is 91.9 cm³/mol. The molecule has 3 rings (SSSR count). The Kier molecular flexibility index (Phi) is 4.81. The molecule has 1 aliphatic rings. The highest BCUT2D eigenvalue weighted by Gasteiger charge is 2.14. The lowest BCUT2D eigenvalue weighted by Gasteiger charge is -2.19. The van der Waals surface area contributed by atoms with Crippen LogP contribution >= 0.6 is 0 Å². The normalized spacial score (nSPS) is 13.2. The predicted octanol–water partition coefficient (Wildman–Crippen LogP) is 3.64. The molecule has 2 amide bonds. The third-order valence-corrected chi connectivity index (χ3v) is 4.28. The van der Waals surface area contributed by atoms with E-state index >= 15 is 0 Å². The number of nitrogens with one attached hydrogen (secondary N) is 2. The number of phenolic OH excluding ortho intramolecular Hbond substituents is 1. The fraction of sp³-hybridized carbons (Fsp3) is 0.316. The average molecular weight is 310 g/mol. The summed E-state index contributed by atoms with van der Waals surface area (Å²) in [5, 5.41) is 15.1. The number of carbonyl (C=O) groups excluding carboxylic acids is 1. The molecule has 0 saturated carbocycles. The monoisotopic (exact) mass is 310 g/mol. The van der Waals surface area contributed by atoms with Gasteiger partial charge in [0.1, 0.15) is 5.75 Å². The van der Waals surface area contributed by atoms with Crippen molar-refractivity contribution in [1.82, 2.24) is 5.32 Å². The van der Waals surface area contributed by atoms with Gasteiger partial charge in [-0.1, -0.05) is 24.3 Å². The van der Waals surface area contributed by atoms with E-state index in [1.807, 2.05) is 24.3 Å². The van der Waals surface area contributed by atoms with Crippen LogP contribution in [0, 0.1) is 0 Å². The van der Waals surface area contributed by atoms with Crippen LogP contribution in [0.25, 0.3) is 0 Å². The molecule has 0 aromatic heterocycles. The minimum Gasteiger partial charge on any atom is -0.508 e. The summed E-state index contributed by atoms with van der Waals surface area (Å²) in [5.41, 5.74) is 4.66. The first kappa shape index (κ1) is 15.4. The molecule has 0 aliphatic heterocycles. The third-order valence-electron chi connectivity index (χ3n) is 4.28.